The van der Waals surface area contributed by atoms with E-state index in [1.165, 1.54) is 0 Å². The predicted octanol–water partition coefficient (Wildman–Crippen LogP) is 0.584. The highest BCUT2D eigenvalue weighted by atomic mass is 16.7. The van der Waals surface area contributed by atoms with Crippen molar-refractivity contribution in [2.45, 2.75) is 19.6 Å². The van der Waals surface area contributed by atoms with Gasteiger partial charge in [0.25, 0.3) is 0 Å². The normalized spacial score (nSPS) is 32.5. The molecule has 0 aliphatic carbocycles. The van der Waals surface area contributed by atoms with Crippen molar-refractivity contribution >= 4 is 6.29 Å². The maximum Gasteiger partial charge on any atom is 0.167 e. The third-order valence-electron chi connectivity index (χ3n) is 1.59. The average molecular weight is 144 g/mol. The van der Waals surface area contributed by atoms with Crippen molar-refractivity contribution in [3.8, 4) is 0 Å². The van der Waals surface area contributed by atoms with E-state index < -0.39 is 0 Å². The molecule has 0 radical (unpaired) electrons. The van der Waals surface area contributed by atoms with Gasteiger partial charge in [-0.1, -0.05) is 0 Å². The molecule has 2 unspecified atom stereocenters. The van der Waals surface area contributed by atoms with Crippen LogP contribution < -0.4 is 0 Å². The molecule has 1 saturated heterocycles. The summed E-state index contributed by atoms with van der Waals surface area (Å²) in [5.41, 5.74) is 0. The number of aldehydes is 1. The first-order chi connectivity index (χ1) is 4.88. The highest BCUT2D eigenvalue weighted by Gasteiger charge is 2.27. The van der Waals surface area contributed by atoms with E-state index in [2.05, 4.69) is 0 Å². The minimum Gasteiger partial charge on any atom is -0.352 e. The fraction of sp³-hybridized carbons (Fsp3) is 0.857. The lowest BCUT2D eigenvalue weighted by molar-refractivity contribution is -0.139. The van der Waals surface area contributed by atoms with Crippen molar-refractivity contribution < 1.29 is 14.3 Å². The molecule has 1 fully saturated rings. The molecule has 10 heavy (non-hydrogen) atoms. The van der Waals surface area contributed by atoms with Crippen LogP contribution in [-0.4, -0.2) is 25.8 Å². The smallest absolute Gasteiger partial charge is 0.167 e. The van der Waals surface area contributed by atoms with Crippen LogP contribution >= 0.6 is 0 Å². The molecule has 1 aliphatic rings. The molecule has 0 aromatic carbocycles. The molecule has 0 N–H and O–H groups in total. The summed E-state index contributed by atoms with van der Waals surface area (Å²) in [7, 11) is 0. The monoisotopic (exact) mass is 144 g/mol. The fourth-order valence-electron chi connectivity index (χ4n) is 1.05. The third-order valence-corrected chi connectivity index (χ3v) is 1.59. The SMILES string of the molecule is CCOC1OCCC1C=O. The first-order valence-electron chi connectivity index (χ1n) is 3.57. The molecular weight excluding hydrogens is 132 g/mol. The van der Waals surface area contributed by atoms with Crippen molar-refractivity contribution in [1.82, 2.24) is 0 Å². The number of ether oxygens (including phenoxy) is 2. The number of hydrogen-bond acceptors (Lipinski definition) is 3. The van der Waals surface area contributed by atoms with Crippen LogP contribution in [0.4, 0.5) is 0 Å². The van der Waals surface area contributed by atoms with Crippen LogP contribution in [0.25, 0.3) is 0 Å². The maximum absolute atomic E-state index is 10.3. The van der Waals surface area contributed by atoms with Gasteiger partial charge < -0.3 is 14.3 Å². The summed E-state index contributed by atoms with van der Waals surface area (Å²) in [6, 6.07) is 0. The largest absolute Gasteiger partial charge is 0.352 e. The molecule has 0 aromatic rings. The molecule has 1 heterocycles. The van der Waals surface area contributed by atoms with Gasteiger partial charge in [0.2, 0.25) is 0 Å². The third kappa shape index (κ3) is 1.55. The van der Waals surface area contributed by atoms with Crippen molar-refractivity contribution in [2.24, 2.45) is 5.92 Å². The number of carbonyl (C=O) groups is 1. The zero-order valence-corrected chi connectivity index (χ0v) is 6.08. The number of rotatable bonds is 3. The first kappa shape index (κ1) is 7.69. The molecule has 0 aromatic heterocycles. The Hall–Kier alpha value is -0.410. The van der Waals surface area contributed by atoms with Gasteiger partial charge in [-0.25, -0.2) is 0 Å². The molecule has 3 nitrogen and oxygen atoms in total. The minimum absolute atomic E-state index is 0.0417. The van der Waals surface area contributed by atoms with E-state index in [0.29, 0.717) is 13.2 Å². The van der Waals surface area contributed by atoms with Crippen LogP contribution in [-0.2, 0) is 14.3 Å². The second-order valence-corrected chi connectivity index (χ2v) is 2.28. The fourth-order valence-corrected chi connectivity index (χ4v) is 1.05. The van der Waals surface area contributed by atoms with Crippen molar-refractivity contribution in [3.05, 3.63) is 0 Å². The van der Waals surface area contributed by atoms with Gasteiger partial charge >= 0.3 is 0 Å². The van der Waals surface area contributed by atoms with E-state index >= 15 is 0 Å². The van der Waals surface area contributed by atoms with E-state index in [1.54, 1.807) is 0 Å². The van der Waals surface area contributed by atoms with Gasteiger partial charge in [0.15, 0.2) is 6.29 Å². The van der Waals surface area contributed by atoms with E-state index in [4.69, 9.17) is 9.47 Å². The first-order valence-corrected chi connectivity index (χ1v) is 3.57. The summed E-state index contributed by atoms with van der Waals surface area (Å²) < 4.78 is 10.3. The van der Waals surface area contributed by atoms with Crippen LogP contribution in [0.5, 0.6) is 0 Å². The molecule has 2 atom stereocenters. The lowest BCUT2D eigenvalue weighted by Crippen LogP contribution is -2.20. The topological polar surface area (TPSA) is 35.5 Å². The van der Waals surface area contributed by atoms with Gasteiger partial charge in [0.05, 0.1) is 12.5 Å². The predicted molar refractivity (Wildman–Crippen MR) is 35.5 cm³/mol. The minimum atomic E-state index is -0.275. The van der Waals surface area contributed by atoms with Crippen LogP contribution in [0.15, 0.2) is 0 Å². The van der Waals surface area contributed by atoms with Gasteiger partial charge in [-0.2, -0.15) is 0 Å². The van der Waals surface area contributed by atoms with Crippen LogP contribution in [0, 0.1) is 5.92 Å². The number of hydrogen-bond donors (Lipinski definition) is 0. The Morgan fingerprint density at radius 3 is 3.20 bits per heavy atom. The second-order valence-electron chi connectivity index (χ2n) is 2.28. The van der Waals surface area contributed by atoms with Gasteiger partial charge in [-0.05, 0) is 13.3 Å². The Labute approximate surface area is 60.3 Å². The zero-order chi connectivity index (χ0) is 7.40. The molecule has 58 valence electrons. The summed E-state index contributed by atoms with van der Waals surface area (Å²) in [6.45, 7) is 3.15. The summed E-state index contributed by atoms with van der Waals surface area (Å²) in [6.07, 6.45) is 1.43. The molecule has 0 amide bonds. The molecule has 0 bridgehead atoms. The summed E-state index contributed by atoms with van der Waals surface area (Å²) >= 11 is 0. The van der Waals surface area contributed by atoms with E-state index in [0.717, 1.165) is 12.7 Å². The van der Waals surface area contributed by atoms with Crippen LogP contribution in [0.3, 0.4) is 0 Å². The summed E-state index contributed by atoms with van der Waals surface area (Å²) in [4.78, 5) is 10.3. The Morgan fingerprint density at radius 2 is 2.60 bits per heavy atom. The lowest BCUT2D eigenvalue weighted by atomic mass is 10.1. The summed E-state index contributed by atoms with van der Waals surface area (Å²) in [5, 5.41) is 0. The molecule has 0 saturated carbocycles. The molecule has 1 rings (SSSR count). The van der Waals surface area contributed by atoms with Gasteiger partial charge in [-0.15, -0.1) is 0 Å². The second kappa shape index (κ2) is 3.68. The lowest BCUT2D eigenvalue weighted by Gasteiger charge is -2.12. The maximum atomic E-state index is 10.3. The van der Waals surface area contributed by atoms with Crippen molar-refractivity contribution in [1.29, 1.82) is 0 Å². The molecular formula is C7H12O3. The quantitative estimate of drug-likeness (QED) is 0.544. The Kier molecular flexibility index (Phi) is 2.83. The highest BCUT2D eigenvalue weighted by molar-refractivity contribution is 5.54. The van der Waals surface area contributed by atoms with E-state index in [1.807, 2.05) is 6.92 Å². The standard InChI is InChI=1S/C7H12O3/c1-2-9-7-6(5-8)3-4-10-7/h5-7H,2-4H2,1H3. The highest BCUT2D eigenvalue weighted by Crippen LogP contribution is 2.19. The zero-order valence-electron chi connectivity index (χ0n) is 6.08. The molecule has 0 spiro atoms. The average Bonchev–Trinajstić information content (AvgIpc) is 2.36. The Balaban J connectivity index is 2.34. The van der Waals surface area contributed by atoms with Gasteiger partial charge in [-0.3, -0.25) is 0 Å². The summed E-state index contributed by atoms with van der Waals surface area (Å²) in [5.74, 6) is -0.0417. The Bertz CT molecular complexity index is 113. The van der Waals surface area contributed by atoms with E-state index in [9.17, 15) is 4.79 Å². The van der Waals surface area contributed by atoms with Gasteiger partial charge in [0, 0.05) is 6.61 Å². The van der Waals surface area contributed by atoms with Crippen LogP contribution in [0.2, 0.25) is 0 Å². The number of carbonyl (C=O) groups excluding carboxylic acids is 1. The molecule has 3 heteroatoms. The van der Waals surface area contributed by atoms with E-state index in [-0.39, 0.29) is 12.2 Å². The molecule has 1 aliphatic heterocycles. The van der Waals surface area contributed by atoms with Crippen molar-refractivity contribution in [3.63, 3.8) is 0 Å². The van der Waals surface area contributed by atoms with Crippen molar-refractivity contribution in [2.75, 3.05) is 13.2 Å². The van der Waals surface area contributed by atoms with Crippen LogP contribution in [0.1, 0.15) is 13.3 Å². The Morgan fingerprint density at radius 1 is 1.80 bits per heavy atom. The van der Waals surface area contributed by atoms with Gasteiger partial charge in [0.1, 0.15) is 6.29 Å².